The van der Waals surface area contributed by atoms with Crippen LogP contribution in [-0.2, 0) is 17.0 Å². The van der Waals surface area contributed by atoms with Crippen LogP contribution in [0.5, 0.6) is 0 Å². The van der Waals surface area contributed by atoms with Gasteiger partial charge in [0.15, 0.2) is 0 Å². The number of carbonyl (C=O) groups excluding carboxylic acids is 1. The second-order valence-electron chi connectivity index (χ2n) is 4.24. The highest BCUT2D eigenvalue weighted by atomic mass is 35.6. The van der Waals surface area contributed by atoms with Gasteiger partial charge in [0, 0.05) is 19.3 Å². The molecule has 1 heterocycles. The number of amides is 1. The Morgan fingerprint density at radius 2 is 2.10 bits per heavy atom. The van der Waals surface area contributed by atoms with Crippen molar-refractivity contribution in [2.75, 3.05) is 26.0 Å². The first kappa shape index (κ1) is 18.8. The number of nitrogens with two attached hydrogens (primary N) is 1. The smallest absolute Gasteiger partial charge is 0.410 e. The summed E-state index contributed by atoms with van der Waals surface area (Å²) < 4.78 is 8.85. The first-order valence-corrected chi connectivity index (χ1v) is 8.40. The predicted molar refractivity (Wildman–Crippen MR) is 87.0 cm³/mol. The first-order valence-electron chi connectivity index (χ1n) is 6.12. The number of thioether (sulfide) groups is 1. The molecule has 0 radical (unpaired) electrons. The number of halogens is 3. The molecule has 0 saturated carbocycles. The molecule has 0 spiro atoms. The second kappa shape index (κ2) is 9.00. The van der Waals surface area contributed by atoms with Crippen LogP contribution in [0.2, 0.25) is 0 Å². The molecule has 9 heteroatoms. The van der Waals surface area contributed by atoms with Gasteiger partial charge < -0.3 is 19.8 Å². The van der Waals surface area contributed by atoms with Crippen LogP contribution in [0, 0.1) is 0 Å². The number of hydrogen-bond acceptors (Lipinski definition) is 5. The van der Waals surface area contributed by atoms with Gasteiger partial charge in [0.05, 0.1) is 12.3 Å². The fourth-order valence-electron chi connectivity index (χ4n) is 1.39. The molecule has 0 fully saturated rings. The summed E-state index contributed by atoms with van der Waals surface area (Å²) in [4.78, 5) is 13.0. The summed E-state index contributed by atoms with van der Waals surface area (Å²) in [5.41, 5.74) is 5.42. The van der Waals surface area contributed by atoms with Crippen LogP contribution in [0.4, 0.5) is 4.79 Å². The third-order valence-corrected chi connectivity index (χ3v) is 3.63. The van der Waals surface area contributed by atoms with Crippen LogP contribution >= 0.6 is 46.6 Å². The normalized spacial score (nSPS) is 11.5. The Morgan fingerprint density at radius 3 is 2.71 bits per heavy atom. The van der Waals surface area contributed by atoms with E-state index >= 15 is 0 Å². The molecule has 0 atom stereocenters. The van der Waals surface area contributed by atoms with Crippen molar-refractivity contribution in [1.29, 1.82) is 0 Å². The van der Waals surface area contributed by atoms with E-state index in [0.717, 1.165) is 17.3 Å². The second-order valence-corrected chi connectivity index (χ2v) is 7.86. The third kappa shape index (κ3) is 8.07. The molecule has 0 aliphatic carbocycles. The molecule has 1 amide bonds. The summed E-state index contributed by atoms with van der Waals surface area (Å²) in [5, 5.41) is 0. The van der Waals surface area contributed by atoms with Crippen LogP contribution < -0.4 is 5.73 Å². The molecule has 1 rings (SSSR count). The maximum absolute atomic E-state index is 11.7. The molecular formula is C12H17Cl3N2O3S. The topological polar surface area (TPSA) is 68.7 Å². The molecule has 1 aromatic heterocycles. The summed E-state index contributed by atoms with van der Waals surface area (Å²) in [6.07, 6.45) is -0.586. The molecule has 1 aromatic rings. The average Bonchev–Trinajstić information content (AvgIpc) is 2.83. The van der Waals surface area contributed by atoms with Gasteiger partial charge >= 0.3 is 6.09 Å². The molecule has 0 bridgehead atoms. The number of nitrogens with zero attached hydrogens (tertiary/aromatic N) is 1. The lowest BCUT2D eigenvalue weighted by Gasteiger charge is -2.17. The van der Waals surface area contributed by atoms with Crippen molar-refractivity contribution in [2.45, 2.75) is 16.1 Å². The number of alkyl halides is 3. The molecule has 0 aliphatic heterocycles. The van der Waals surface area contributed by atoms with Crippen LogP contribution in [0.1, 0.15) is 11.5 Å². The highest BCUT2D eigenvalue weighted by Gasteiger charge is 2.23. The Balaban J connectivity index is 2.40. The van der Waals surface area contributed by atoms with E-state index in [1.54, 1.807) is 18.8 Å². The quantitative estimate of drug-likeness (QED) is 0.584. The molecular weight excluding hydrogens is 359 g/mol. The molecule has 120 valence electrons. The lowest BCUT2D eigenvalue weighted by molar-refractivity contribution is 0.108. The van der Waals surface area contributed by atoms with E-state index in [9.17, 15) is 4.79 Å². The van der Waals surface area contributed by atoms with Gasteiger partial charge in [-0.05, 0) is 12.1 Å². The lowest BCUT2D eigenvalue weighted by Crippen LogP contribution is -2.29. The van der Waals surface area contributed by atoms with E-state index < -0.39 is 9.89 Å². The monoisotopic (exact) mass is 374 g/mol. The Hall–Kier alpha value is -0.270. The van der Waals surface area contributed by atoms with Crippen molar-refractivity contribution in [2.24, 2.45) is 5.73 Å². The van der Waals surface area contributed by atoms with Crippen molar-refractivity contribution in [3.63, 3.8) is 0 Å². The maximum Gasteiger partial charge on any atom is 0.410 e. The lowest BCUT2D eigenvalue weighted by atomic mass is 10.4. The first-order chi connectivity index (χ1) is 9.81. The van der Waals surface area contributed by atoms with E-state index in [2.05, 4.69) is 0 Å². The number of hydrogen-bond donors (Lipinski definition) is 1. The number of ether oxygens (including phenoxy) is 1. The minimum atomic E-state index is -1.62. The highest BCUT2D eigenvalue weighted by molar-refractivity contribution is 7.98. The van der Waals surface area contributed by atoms with Crippen molar-refractivity contribution in [3.8, 4) is 0 Å². The van der Waals surface area contributed by atoms with E-state index in [0.29, 0.717) is 12.3 Å². The Bertz CT molecular complexity index is 451. The van der Waals surface area contributed by atoms with Gasteiger partial charge in [-0.2, -0.15) is 11.8 Å². The van der Waals surface area contributed by atoms with E-state index in [4.69, 9.17) is 49.7 Å². The van der Waals surface area contributed by atoms with E-state index in [1.165, 1.54) is 4.90 Å². The van der Waals surface area contributed by atoms with Crippen LogP contribution in [0.25, 0.3) is 0 Å². The molecule has 2 N–H and O–H groups in total. The number of rotatable bonds is 7. The Morgan fingerprint density at radius 1 is 1.43 bits per heavy atom. The molecule has 21 heavy (non-hydrogen) atoms. The third-order valence-electron chi connectivity index (χ3n) is 2.29. The van der Waals surface area contributed by atoms with Gasteiger partial charge in [0.1, 0.15) is 18.1 Å². The summed E-state index contributed by atoms with van der Waals surface area (Å²) in [7, 11) is 1.58. The van der Waals surface area contributed by atoms with Gasteiger partial charge in [0.2, 0.25) is 3.79 Å². The van der Waals surface area contributed by atoms with Crippen LogP contribution in [-0.4, -0.2) is 40.7 Å². The molecule has 0 aromatic carbocycles. The van der Waals surface area contributed by atoms with Gasteiger partial charge in [-0.15, -0.1) is 0 Å². The summed E-state index contributed by atoms with van der Waals surface area (Å²) in [5.74, 6) is 3.12. The Kier molecular flexibility index (Phi) is 8.05. The summed E-state index contributed by atoms with van der Waals surface area (Å²) in [6, 6.07) is 3.69. The summed E-state index contributed by atoms with van der Waals surface area (Å²) in [6.45, 7) is 0.607. The van der Waals surface area contributed by atoms with Crippen LogP contribution in [0.3, 0.4) is 0 Å². The largest absolute Gasteiger partial charge is 0.463 e. The van der Waals surface area contributed by atoms with Crippen molar-refractivity contribution in [1.82, 2.24) is 4.90 Å². The van der Waals surface area contributed by atoms with E-state index in [1.807, 2.05) is 12.1 Å². The zero-order chi connectivity index (χ0) is 15.9. The number of carbonyl (C=O) groups is 1. The van der Waals surface area contributed by atoms with Crippen molar-refractivity contribution in [3.05, 3.63) is 23.7 Å². The van der Waals surface area contributed by atoms with Gasteiger partial charge in [0.25, 0.3) is 0 Å². The fourth-order valence-corrected chi connectivity index (χ4v) is 2.22. The van der Waals surface area contributed by atoms with E-state index in [-0.39, 0.29) is 13.2 Å². The molecule has 5 nitrogen and oxygen atoms in total. The average molecular weight is 376 g/mol. The molecule has 0 aliphatic rings. The number of furan rings is 1. The van der Waals surface area contributed by atoms with Crippen molar-refractivity contribution < 1.29 is 13.9 Å². The molecule has 0 saturated heterocycles. The fraction of sp³-hybridized carbons (Fsp3) is 0.583. The van der Waals surface area contributed by atoms with Crippen molar-refractivity contribution >= 4 is 52.7 Å². The summed E-state index contributed by atoms with van der Waals surface area (Å²) >= 11 is 18.2. The minimum Gasteiger partial charge on any atom is -0.463 e. The predicted octanol–water partition coefficient (Wildman–Crippen LogP) is 3.41. The van der Waals surface area contributed by atoms with Gasteiger partial charge in [-0.1, -0.05) is 34.8 Å². The van der Waals surface area contributed by atoms with Gasteiger partial charge in [-0.25, -0.2) is 4.79 Å². The Labute approximate surface area is 143 Å². The van der Waals surface area contributed by atoms with Crippen LogP contribution in [0.15, 0.2) is 16.5 Å². The zero-order valence-corrected chi connectivity index (χ0v) is 14.6. The highest BCUT2D eigenvalue weighted by Crippen LogP contribution is 2.26. The standard InChI is InChI=1S/C12H17Cl3N2O3S/c1-17(11(18)19-8-12(13,14)15)6-9-2-3-10(20-9)7-21-5-4-16/h2-3H,4-8,16H2,1H3. The molecule has 0 unspecified atom stereocenters. The maximum atomic E-state index is 11.7. The zero-order valence-electron chi connectivity index (χ0n) is 11.5. The minimum absolute atomic E-state index is 0.278. The SMILES string of the molecule is CN(Cc1ccc(CSCCN)o1)C(=O)OCC(Cl)(Cl)Cl. The van der Waals surface area contributed by atoms with Gasteiger partial charge in [-0.3, -0.25) is 0 Å².